The third-order valence-corrected chi connectivity index (χ3v) is 3.39. The number of hydrogen-bond acceptors (Lipinski definition) is 2. The minimum absolute atomic E-state index is 0.459. The van der Waals surface area contributed by atoms with Crippen molar-refractivity contribution < 1.29 is 4.74 Å². The molecule has 0 amide bonds. The van der Waals surface area contributed by atoms with E-state index in [-0.39, 0.29) is 0 Å². The molecular weight excluding hydrogens is 210 g/mol. The van der Waals surface area contributed by atoms with Crippen molar-refractivity contribution in [3.05, 3.63) is 34.9 Å². The molecule has 2 rings (SSSR count). The summed E-state index contributed by atoms with van der Waals surface area (Å²) in [6.45, 7) is 9.40. The summed E-state index contributed by atoms with van der Waals surface area (Å²) in [6.07, 6.45) is 1.18. The van der Waals surface area contributed by atoms with Gasteiger partial charge in [0.05, 0.1) is 13.2 Å². The molecule has 2 heteroatoms. The lowest BCUT2D eigenvalue weighted by molar-refractivity contribution is 0.134. The second kappa shape index (κ2) is 5.65. The van der Waals surface area contributed by atoms with Crippen molar-refractivity contribution >= 4 is 0 Å². The van der Waals surface area contributed by atoms with E-state index in [1.165, 1.54) is 23.1 Å². The molecule has 2 nitrogen and oxygen atoms in total. The fraction of sp³-hybridized carbons (Fsp3) is 0.600. The van der Waals surface area contributed by atoms with Crippen molar-refractivity contribution in [3.8, 4) is 0 Å². The van der Waals surface area contributed by atoms with E-state index in [1.54, 1.807) is 0 Å². The maximum Gasteiger partial charge on any atom is 0.0725 e. The van der Waals surface area contributed by atoms with Crippen molar-refractivity contribution in [2.75, 3.05) is 6.54 Å². The van der Waals surface area contributed by atoms with Crippen LogP contribution >= 0.6 is 0 Å². The van der Waals surface area contributed by atoms with E-state index < -0.39 is 0 Å². The van der Waals surface area contributed by atoms with E-state index in [2.05, 4.69) is 44.3 Å². The first-order chi connectivity index (χ1) is 8.22. The van der Waals surface area contributed by atoms with Gasteiger partial charge in [0.25, 0.3) is 0 Å². The lowest BCUT2D eigenvalue weighted by atomic mass is 9.93. The fourth-order valence-corrected chi connectivity index (χ4v) is 2.42. The Kier molecular flexibility index (Phi) is 4.19. The largest absolute Gasteiger partial charge is 0.372 e. The Labute approximate surface area is 104 Å². The molecule has 0 aliphatic carbocycles. The zero-order valence-corrected chi connectivity index (χ0v) is 11.1. The summed E-state index contributed by atoms with van der Waals surface area (Å²) in [5.74, 6) is 0.613. The predicted molar refractivity (Wildman–Crippen MR) is 70.8 cm³/mol. The minimum atomic E-state index is 0.459. The average molecular weight is 233 g/mol. The molecule has 0 saturated carbocycles. The third kappa shape index (κ3) is 2.88. The van der Waals surface area contributed by atoms with E-state index >= 15 is 0 Å². The van der Waals surface area contributed by atoms with E-state index in [0.29, 0.717) is 12.0 Å². The molecule has 0 bridgehead atoms. The van der Waals surface area contributed by atoms with E-state index in [4.69, 9.17) is 4.74 Å². The molecule has 17 heavy (non-hydrogen) atoms. The molecule has 1 unspecified atom stereocenters. The fourth-order valence-electron chi connectivity index (χ4n) is 2.42. The van der Waals surface area contributed by atoms with Crippen LogP contribution in [0.3, 0.4) is 0 Å². The molecule has 1 heterocycles. The average Bonchev–Trinajstić information content (AvgIpc) is 2.76. The minimum Gasteiger partial charge on any atom is -0.372 e. The molecule has 0 radical (unpaired) electrons. The number of nitrogens with one attached hydrogen (secondary N) is 1. The van der Waals surface area contributed by atoms with Gasteiger partial charge in [-0.1, -0.05) is 39.0 Å². The maximum absolute atomic E-state index is 5.47. The second-order valence-electron chi connectivity index (χ2n) is 5.20. The van der Waals surface area contributed by atoms with Gasteiger partial charge >= 0.3 is 0 Å². The summed E-state index contributed by atoms with van der Waals surface area (Å²) in [5.41, 5.74) is 4.12. The second-order valence-corrected chi connectivity index (χ2v) is 5.20. The van der Waals surface area contributed by atoms with E-state index in [0.717, 1.165) is 19.8 Å². The van der Waals surface area contributed by atoms with Gasteiger partial charge < -0.3 is 10.1 Å². The van der Waals surface area contributed by atoms with Gasteiger partial charge in [-0.05, 0) is 35.6 Å². The standard InChI is InChI=1S/C15H23NO/c1-4-7-16-15(11(2)3)12-5-6-13-9-17-10-14(13)8-12/h5-6,8,11,15-16H,4,7,9-10H2,1-3H3. The van der Waals surface area contributed by atoms with Gasteiger partial charge in [-0.2, -0.15) is 0 Å². The number of rotatable bonds is 5. The third-order valence-electron chi connectivity index (χ3n) is 3.39. The Balaban J connectivity index is 2.17. The first-order valence-electron chi connectivity index (χ1n) is 6.65. The lowest BCUT2D eigenvalue weighted by Gasteiger charge is -2.23. The Morgan fingerprint density at radius 1 is 1.24 bits per heavy atom. The van der Waals surface area contributed by atoms with Crippen molar-refractivity contribution in [1.29, 1.82) is 0 Å². The highest BCUT2D eigenvalue weighted by molar-refractivity contribution is 5.34. The van der Waals surface area contributed by atoms with E-state index in [1.807, 2.05) is 0 Å². The number of benzene rings is 1. The Hall–Kier alpha value is -0.860. The molecule has 1 aromatic rings. The predicted octanol–water partition coefficient (Wildman–Crippen LogP) is 3.41. The zero-order valence-electron chi connectivity index (χ0n) is 11.1. The Morgan fingerprint density at radius 3 is 2.71 bits per heavy atom. The van der Waals surface area contributed by atoms with Crippen LogP contribution < -0.4 is 5.32 Å². The van der Waals surface area contributed by atoms with Gasteiger partial charge in [0, 0.05) is 6.04 Å². The van der Waals surface area contributed by atoms with Crippen molar-refractivity contribution in [3.63, 3.8) is 0 Å². The smallest absolute Gasteiger partial charge is 0.0725 e. The number of ether oxygens (including phenoxy) is 1. The Morgan fingerprint density at radius 2 is 2.00 bits per heavy atom. The topological polar surface area (TPSA) is 21.3 Å². The van der Waals surface area contributed by atoms with Gasteiger partial charge in [-0.15, -0.1) is 0 Å². The summed E-state index contributed by atoms with van der Waals surface area (Å²) in [4.78, 5) is 0. The quantitative estimate of drug-likeness (QED) is 0.841. The molecule has 0 saturated heterocycles. The molecule has 0 aromatic heterocycles. The molecule has 1 atom stereocenters. The highest BCUT2D eigenvalue weighted by Crippen LogP contribution is 2.27. The number of fused-ring (bicyclic) bond motifs is 1. The highest BCUT2D eigenvalue weighted by Gasteiger charge is 2.18. The van der Waals surface area contributed by atoms with Crippen LogP contribution in [0.1, 0.15) is 49.9 Å². The highest BCUT2D eigenvalue weighted by atomic mass is 16.5. The van der Waals surface area contributed by atoms with Crippen LogP contribution in [0.2, 0.25) is 0 Å². The summed E-state index contributed by atoms with van der Waals surface area (Å²) >= 11 is 0. The van der Waals surface area contributed by atoms with Gasteiger partial charge in [0.1, 0.15) is 0 Å². The van der Waals surface area contributed by atoms with Crippen LogP contribution in [-0.4, -0.2) is 6.54 Å². The van der Waals surface area contributed by atoms with Crippen LogP contribution in [0.5, 0.6) is 0 Å². The van der Waals surface area contributed by atoms with Crippen molar-refractivity contribution in [2.45, 2.75) is 46.4 Å². The molecule has 1 aromatic carbocycles. The Bertz CT molecular complexity index is 373. The van der Waals surface area contributed by atoms with Gasteiger partial charge in [0.2, 0.25) is 0 Å². The van der Waals surface area contributed by atoms with Crippen molar-refractivity contribution in [2.24, 2.45) is 5.92 Å². The van der Waals surface area contributed by atoms with Gasteiger partial charge in [-0.3, -0.25) is 0 Å². The van der Waals surface area contributed by atoms with Crippen LogP contribution in [0.4, 0.5) is 0 Å². The van der Waals surface area contributed by atoms with Crippen LogP contribution in [-0.2, 0) is 18.0 Å². The normalized spacial score (nSPS) is 16.2. The van der Waals surface area contributed by atoms with Crippen LogP contribution in [0.25, 0.3) is 0 Å². The molecule has 1 aliphatic rings. The first kappa shape index (κ1) is 12.6. The van der Waals surface area contributed by atoms with Crippen molar-refractivity contribution in [1.82, 2.24) is 5.32 Å². The maximum atomic E-state index is 5.47. The monoisotopic (exact) mass is 233 g/mol. The first-order valence-corrected chi connectivity index (χ1v) is 6.65. The summed E-state index contributed by atoms with van der Waals surface area (Å²) in [6, 6.07) is 7.25. The van der Waals surface area contributed by atoms with Crippen LogP contribution in [0.15, 0.2) is 18.2 Å². The zero-order chi connectivity index (χ0) is 12.3. The molecule has 1 N–H and O–H groups in total. The van der Waals surface area contributed by atoms with Gasteiger partial charge in [0.15, 0.2) is 0 Å². The summed E-state index contributed by atoms with van der Waals surface area (Å²) < 4.78 is 5.47. The van der Waals surface area contributed by atoms with E-state index in [9.17, 15) is 0 Å². The van der Waals surface area contributed by atoms with Gasteiger partial charge in [-0.25, -0.2) is 0 Å². The molecule has 94 valence electrons. The SMILES string of the molecule is CCCNC(c1ccc2c(c1)COC2)C(C)C. The molecule has 0 spiro atoms. The summed E-state index contributed by atoms with van der Waals surface area (Å²) in [7, 11) is 0. The summed E-state index contributed by atoms with van der Waals surface area (Å²) in [5, 5.41) is 3.64. The molecular formula is C15H23NO. The number of hydrogen-bond donors (Lipinski definition) is 1. The molecule has 1 aliphatic heterocycles. The van der Waals surface area contributed by atoms with Crippen LogP contribution in [0, 0.1) is 5.92 Å². The molecule has 0 fully saturated rings. The lowest BCUT2D eigenvalue weighted by Crippen LogP contribution is -2.26.